The first-order chi connectivity index (χ1) is 11.5. The van der Waals surface area contributed by atoms with Crippen LogP contribution in [0, 0.1) is 0 Å². The van der Waals surface area contributed by atoms with Crippen molar-refractivity contribution in [1.82, 2.24) is 0 Å². The van der Waals surface area contributed by atoms with Gasteiger partial charge < -0.3 is 10.5 Å². The molecule has 25 heavy (non-hydrogen) atoms. The summed E-state index contributed by atoms with van der Waals surface area (Å²) in [6.45, 7) is 18.7. The Morgan fingerprint density at radius 1 is 1.00 bits per heavy atom. The van der Waals surface area contributed by atoms with Crippen LogP contribution in [0.15, 0.2) is 30.3 Å². The van der Waals surface area contributed by atoms with E-state index in [2.05, 4.69) is 85.0 Å². The van der Waals surface area contributed by atoms with Gasteiger partial charge in [-0.25, -0.2) is 0 Å². The fourth-order valence-corrected chi connectivity index (χ4v) is 5.21. The van der Waals surface area contributed by atoms with Gasteiger partial charge in [0.15, 0.2) is 0 Å². The first kappa shape index (κ1) is 22.4. The van der Waals surface area contributed by atoms with E-state index in [0.29, 0.717) is 5.04 Å². The summed E-state index contributed by atoms with van der Waals surface area (Å²) in [6.07, 6.45) is 2.99. The summed E-state index contributed by atoms with van der Waals surface area (Å²) in [5.41, 5.74) is 7.59. The van der Waals surface area contributed by atoms with Crippen LogP contribution in [0.5, 0.6) is 0 Å². The van der Waals surface area contributed by atoms with Crippen molar-refractivity contribution in [2.75, 3.05) is 0 Å². The Kier molecular flexibility index (Phi) is 7.91. The van der Waals surface area contributed by atoms with Crippen LogP contribution in [0.25, 0.3) is 0 Å². The summed E-state index contributed by atoms with van der Waals surface area (Å²) in [5.74, 6) is 0. The van der Waals surface area contributed by atoms with Crippen molar-refractivity contribution in [3.8, 4) is 0 Å². The summed E-state index contributed by atoms with van der Waals surface area (Å²) < 4.78 is 6.92. The van der Waals surface area contributed by atoms with Gasteiger partial charge in [0.25, 0.3) is 0 Å². The van der Waals surface area contributed by atoms with E-state index in [-0.39, 0.29) is 17.7 Å². The molecule has 0 saturated carbocycles. The van der Waals surface area contributed by atoms with Gasteiger partial charge in [-0.2, -0.15) is 0 Å². The van der Waals surface area contributed by atoms with E-state index in [4.69, 9.17) is 10.5 Å². The summed E-state index contributed by atoms with van der Waals surface area (Å²) >= 11 is 0. The first-order valence-corrected chi connectivity index (χ1v) is 13.2. The maximum atomic E-state index is 6.92. The molecule has 0 radical (unpaired) electrons. The van der Waals surface area contributed by atoms with Crippen molar-refractivity contribution in [3.05, 3.63) is 35.9 Å². The lowest BCUT2D eigenvalue weighted by Crippen LogP contribution is -2.50. The zero-order chi connectivity index (χ0) is 19.3. The molecule has 0 aromatic heterocycles. The topological polar surface area (TPSA) is 35.2 Å². The zero-order valence-electron chi connectivity index (χ0n) is 17.9. The molecule has 3 heteroatoms. The largest absolute Gasteiger partial charge is 0.366 e. The molecule has 2 N–H and O–H groups in total. The monoisotopic (exact) mass is 363 g/mol. The van der Waals surface area contributed by atoms with E-state index in [0.717, 1.165) is 25.3 Å². The Labute approximate surface area is 157 Å². The number of benzene rings is 1. The average molecular weight is 364 g/mol. The lowest BCUT2D eigenvalue weighted by molar-refractivity contribution is -0.110. The van der Waals surface area contributed by atoms with Crippen molar-refractivity contribution in [3.63, 3.8) is 0 Å². The summed E-state index contributed by atoms with van der Waals surface area (Å²) in [5, 5.41) is 0.345. The Morgan fingerprint density at radius 2 is 1.52 bits per heavy atom. The van der Waals surface area contributed by atoms with E-state index in [1.165, 1.54) is 5.56 Å². The van der Waals surface area contributed by atoms with Crippen LogP contribution < -0.4 is 5.73 Å². The molecule has 2 atom stereocenters. The van der Waals surface area contributed by atoms with Gasteiger partial charge in [0.2, 0.25) is 0 Å². The molecule has 1 aromatic rings. The van der Waals surface area contributed by atoms with E-state index < -0.39 is 8.07 Å². The molecule has 2 nitrogen and oxygen atoms in total. The normalized spacial score (nSPS) is 15.9. The van der Waals surface area contributed by atoms with Crippen LogP contribution >= 0.6 is 0 Å². The van der Waals surface area contributed by atoms with Crippen LogP contribution in [-0.2, 0) is 4.74 Å². The number of rotatable bonds is 9. The molecule has 0 aliphatic carbocycles. The van der Waals surface area contributed by atoms with Gasteiger partial charge in [0.05, 0.1) is 19.8 Å². The molecule has 0 saturated heterocycles. The van der Waals surface area contributed by atoms with Gasteiger partial charge in [-0.3, -0.25) is 0 Å². The molecule has 2 unspecified atom stereocenters. The second-order valence-corrected chi connectivity index (χ2v) is 14.8. The van der Waals surface area contributed by atoms with Gasteiger partial charge in [-0.1, -0.05) is 85.0 Å². The van der Waals surface area contributed by atoms with Crippen molar-refractivity contribution >= 4 is 8.07 Å². The summed E-state index contributed by atoms with van der Waals surface area (Å²) in [7, 11) is -1.49. The van der Waals surface area contributed by atoms with Gasteiger partial charge in [0.1, 0.15) is 0 Å². The van der Waals surface area contributed by atoms with Crippen molar-refractivity contribution < 1.29 is 4.74 Å². The van der Waals surface area contributed by atoms with Crippen molar-refractivity contribution in [2.45, 2.75) is 103 Å². The van der Waals surface area contributed by atoms with Crippen LogP contribution in [0.1, 0.15) is 72.5 Å². The molecule has 1 rings (SSSR count). The smallest absolute Gasteiger partial charge is 0.0835 e. The fourth-order valence-electron chi connectivity index (χ4n) is 3.35. The highest BCUT2D eigenvalue weighted by Gasteiger charge is 2.41. The van der Waals surface area contributed by atoms with E-state index >= 15 is 0 Å². The van der Waals surface area contributed by atoms with Crippen LogP contribution in [-0.4, -0.2) is 19.7 Å². The number of nitrogens with two attached hydrogens (primary N) is 1. The van der Waals surface area contributed by atoms with E-state index in [1.807, 2.05) is 0 Å². The van der Waals surface area contributed by atoms with Crippen LogP contribution in [0.3, 0.4) is 0 Å². The summed E-state index contributed by atoms with van der Waals surface area (Å²) in [4.78, 5) is 0. The molecule has 0 amide bonds. The Hall–Kier alpha value is -0.643. The second kappa shape index (κ2) is 8.83. The third-order valence-electron chi connectivity index (χ3n) is 6.59. The molecule has 144 valence electrons. The Bertz CT molecular complexity index is 503. The lowest BCUT2D eigenvalue weighted by Gasteiger charge is -2.44. The number of hydrogen-bond donors (Lipinski definition) is 1. The van der Waals surface area contributed by atoms with Gasteiger partial charge in [0, 0.05) is 6.04 Å². The van der Waals surface area contributed by atoms with Crippen LogP contribution in [0.2, 0.25) is 24.2 Å². The molecule has 0 aliphatic heterocycles. The zero-order valence-corrected chi connectivity index (χ0v) is 18.9. The predicted molar refractivity (Wildman–Crippen MR) is 114 cm³/mol. The van der Waals surface area contributed by atoms with E-state index in [9.17, 15) is 0 Å². The minimum atomic E-state index is -1.49. The van der Waals surface area contributed by atoms with Crippen LogP contribution in [0.4, 0.5) is 0 Å². The third-order valence-corrected chi connectivity index (χ3v) is 12.0. The molecule has 0 fully saturated rings. The quantitative estimate of drug-likeness (QED) is 0.505. The highest BCUT2D eigenvalue weighted by atomic mass is 28.3. The number of ether oxygens (including phenoxy) is 1. The summed E-state index contributed by atoms with van der Waals surface area (Å²) in [6, 6.07) is 12.0. The molecular weight excluding hydrogens is 322 g/mol. The van der Waals surface area contributed by atoms with Gasteiger partial charge in [-0.05, 0) is 35.9 Å². The lowest BCUT2D eigenvalue weighted by atomic mass is 9.86. The van der Waals surface area contributed by atoms with E-state index in [1.54, 1.807) is 0 Å². The minimum absolute atomic E-state index is 0.0770. The molecule has 0 heterocycles. The van der Waals surface area contributed by atoms with Crippen molar-refractivity contribution in [2.24, 2.45) is 5.73 Å². The molecular formula is C22H41NOSi. The Balaban J connectivity index is 3.24. The highest BCUT2D eigenvalue weighted by Crippen LogP contribution is 2.45. The maximum absolute atomic E-state index is 6.92. The second-order valence-electron chi connectivity index (χ2n) is 9.14. The molecule has 0 aliphatic rings. The minimum Gasteiger partial charge on any atom is -0.366 e. The first-order valence-electron chi connectivity index (χ1n) is 10.0. The average Bonchev–Trinajstić information content (AvgIpc) is 2.57. The SMILES string of the molecule is CCC(N)C(CC)(CC)OC(C[Si](C)(C)C(C)(C)C)c1ccccc1. The number of hydrogen-bond acceptors (Lipinski definition) is 2. The predicted octanol–water partition coefficient (Wildman–Crippen LogP) is 6.55. The maximum Gasteiger partial charge on any atom is 0.0835 e. The fraction of sp³-hybridized carbons (Fsp3) is 0.727. The van der Waals surface area contributed by atoms with Gasteiger partial charge >= 0.3 is 0 Å². The molecule has 0 spiro atoms. The van der Waals surface area contributed by atoms with Crippen molar-refractivity contribution in [1.29, 1.82) is 0 Å². The Morgan fingerprint density at radius 3 is 1.92 bits per heavy atom. The standard InChI is InChI=1S/C22H41NOSi/c1-9-20(23)22(10-2,11-3)24-19(18-15-13-12-14-16-18)17-25(7,8)21(4,5)6/h12-16,19-20H,9-11,17,23H2,1-8H3. The molecule has 0 bridgehead atoms. The molecule has 1 aromatic carbocycles. The highest BCUT2D eigenvalue weighted by molar-refractivity contribution is 6.80. The van der Waals surface area contributed by atoms with Gasteiger partial charge in [-0.15, -0.1) is 0 Å². The third kappa shape index (κ3) is 5.41.